The SMILES string of the molecule is CC(C)CCNc1ccnc(N2CCN(Cc3ccccc3)CC2)n1. The first kappa shape index (κ1) is 17.7. The average molecular weight is 339 g/mol. The molecule has 3 rings (SSSR count). The molecule has 0 spiro atoms. The van der Waals surface area contributed by atoms with Crippen molar-refractivity contribution in [1.82, 2.24) is 14.9 Å². The van der Waals surface area contributed by atoms with E-state index < -0.39 is 0 Å². The summed E-state index contributed by atoms with van der Waals surface area (Å²) in [7, 11) is 0. The lowest BCUT2D eigenvalue weighted by Gasteiger charge is -2.34. The summed E-state index contributed by atoms with van der Waals surface area (Å²) in [6.07, 6.45) is 3.01. The van der Waals surface area contributed by atoms with Crippen LogP contribution in [-0.4, -0.2) is 47.6 Å². The standard InChI is InChI=1S/C20H29N5/c1-17(2)8-10-21-19-9-11-22-20(23-19)25-14-12-24(13-15-25)16-18-6-4-3-5-7-18/h3-7,9,11,17H,8,10,12-16H2,1-2H3,(H,21,22,23). The van der Waals surface area contributed by atoms with Crippen molar-refractivity contribution < 1.29 is 0 Å². The summed E-state index contributed by atoms with van der Waals surface area (Å²) in [6, 6.07) is 12.6. The van der Waals surface area contributed by atoms with Gasteiger partial charge in [-0.05, 0) is 24.0 Å². The average Bonchev–Trinajstić information content (AvgIpc) is 2.63. The van der Waals surface area contributed by atoms with Crippen molar-refractivity contribution in [2.45, 2.75) is 26.8 Å². The highest BCUT2D eigenvalue weighted by Gasteiger charge is 2.19. The molecule has 1 aromatic heterocycles. The van der Waals surface area contributed by atoms with E-state index in [2.05, 4.69) is 69.3 Å². The molecule has 1 aliphatic rings. The van der Waals surface area contributed by atoms with Gasteiger partial charge in [0, 0.05) is 45.5 Å². The van der Waals surface area contributed by atoms with Crippen molar-refractivity contribution in [1.29, 1.82) is 0 Å². The van der Waals surface area contributed by atoms with Gasteiger partial charge < -0.3 is 10.2 Å². The maximum absolute atomic E-state index is 4.69. The van der Waals surface area contributed by atoms with E-state index in [0.717, 1.165) is 57.5 Å². The van der Waals surface area contributed by atoms with Gasteiger partial charge in [-0.3, -0.25) is 4.90 Å². The van der Waals surface area contributed by atoms with E-state index in [1.807, 2.05) is 12.3 Å². The van der Waals surface area contributed by atoms with Crippen LogP contribution in [0.15, 0.2) is 42.6 Å². The summed E-state index contributed by atoms with van der Waals surface area (Å²) in [6.45, 7) is 10.5. The fourth-order valence-corrected chi connectivity index (χ4v) is 3.04. The summed E-state index contributed by atoms with van der Waals surface area (Å²) in [4.78, 5) is 13.9. The van der Waals surface area contributed by atoms with Gasteiger partial charge in [0.1, 0.15) is 5.82 Å². The monoisotopic (exact) mass is 339 g/mol. The second-order valence-electron chi connectivity index (χ2n) is 7.10. The highest BCUT2D eigenvalue weighted by molar-refractivity contribution is 5.41. The predicted molar refractivity (Wildman–Crippen MR) is 104 cm³/mol. The van der Waals surface area contributed by atoms with Crippen molar-refractivity contribution >= 4 is 11.8 Å². The van der Waals surface area contributed by atoms with Gasteiger partial charge in [0.15, 0.2) is 0 Å². The summed E-state index contributed by atoms with van der Waals surface area (Å²) in [5.41, 5.74) is 1.38. The number of piperazine rings is 1. The van der Waals surface area contributed by atoms with E-state index in [0.29, 0.717) is 5.92 Å². The second-order valence-corrected chi connectivity index (χ2v) is 7.10. The molecule has 0 bridgehead atoms. The number of rotatable bonds is 7. The van der Waals surface area contributed by atoms with Crippen LogP contribution in [0.4, 0.5) is 11.8 Å². The maximum Gasteiger partial charge on any atom is 0.227 e. The maximum atomic E-state index is 4.69. The fraction of sp³-hybridized carbons (Fsp3) is 0.500. The molecule has 2 heterocycles. The van der Waals surface area contributed by atoms with E-state index in [1.165, 1.54) is 5.56 Å². The molecule has 1 aliphatic heterocycles. The Kier molecular flexibility index (Phi) is 6.23. The number of aromatic nitrogens is 2. The van der Waals surface area contributed by atoms with Gasteiger partial charge in [-0.1, -0.05) is 44.2 Å². The summed E-state index contributed by atoms with van der Waals surface area (Å²) in [5.74, 6) is 2.47. The number of nitrogens with one attached hydrogen (secondary N) is 1. The zero-order valence-corrected chi connectivity index (χ0v) is 15.4. The zero-order chi connectivity index (χ0) is 17.5. The van der Waals surface area contributed by atoms with Crippen LogP contribution < -0.4 is 10.2 Å². The van der Waals surface area contributed by atoms with E-state index in [9.17, 15) is 0 Å². The summed E-state index contributed by atoms with van der Waals surface area (Å²) in [5, 5.41) is 3.41. The van der Waals surface area contributed by atoms with Crippen molar-refractivity contribution in [2.24, 2.45) is 5.92 Å². The van der Waals surface area contributed by atoms with Crippen LogP contribution in [0, 0.1) is 5.92 Å². The Labute approximate surface area is 151 Å². The third kappa shape index (κ3) is 5.43. The third-order valence-corrected chi connectivity index (χ3v) is 4.57. The van der Waals surface area contributed by atoms with Gasteiger partial charge in [0.05, 0.1) is 0 Å². The van der Waals surface area contributed by atoms with Gasteiger partial charge >= 0.3 is 0 Å². The molecule has 0 unspecified atom stereocenters. The van der Waals surface area contributed by atoms with Crippen molar-refractivity contribution in [3.05, 3.63) is 48.2 Å². The highest BCUT2D eigenvalue weighted by atomic mass is 15.3. The van der Waals surface area contributed by atoms with E-state index in [-0.39, 0.29) is 0 Å². The number of anilines is 2. The van der Waals surface area contributed by atoms with Gasteiger partial charge in [-0.25, -0.2) is 4.98 Å². The lowest BCUT2D eigenvalue weighted by Crippen LogP contribution is -2.46. The number of benzene rings is 1. The zero-order valence-electron chi connectivity index (χ0n) is 15.4. The number of nitrogens with zero attached hydrogens (tertiary/aromatic N) is 4. The van der Waals surface area contributed by atoms with Gasteiger partial charge in [-0.2, -0.15) is 4.98 Å². The Morgan fingerprint density at radius 3 is 2.52 bits per heavy atom. The summed E-state index contributed by atoms with van der Waals surface area (Å²) < 4.78 is 0. The molecule has 1 N–H and O–H groups in total. The first-order valence-corrected chi connectivity index (χ1v) is 9.29. The molecule has 134 valence electrons. The van der Waals surface area contributed by atoms with Crippen LogP contribution in [0.2, 0.25) is 0 Å². The normalized spacial score (nSPS) is 15.6. The molecule has 2 aromatic rings. The molecule has 25 heavy (non-hydrogen) atoms. The van der Waals surface area contributed by atoms with Crippen molar-refractivity contribution in [3.63, 3.8) is 0 Å². The Balaban J connectivity index is 1.50. The summed E-state index contributed by atoms with van der Waals surface area (Å²) >= 11 is 0. The molecule has 1 aromatic carbocycles. The van der Waals surface area contributed by atoms with Crippen molar-refractivity contribution in [3.8, 4) is 0 Å². The van der Waals surface area contributed by atoms with Gasteiger partial charge in [0.25, 0.3) is 0 Å². The van der Waals surface area contributed by atoms with Gasteiger partial charge in [0.2, 0.25) is 5.95 Å². The molecular weight excluding hydrogens is 310 g/mol. The van der Waals surface area contributed by atoms with Crippen LogP contribution in [0.1, 0.15) is 25.8 Å². The first-order valence-electron chi connectivity index (χ1n) is 9.29. The quantitative estimate of drug-likeness (QED) is 0.839. The fourth-order valence-electron chi connectivity index (χ4n) is 3.04. The Morgan fingerprint density at radius 2 is 1.80 bits per heavy atom. The van der Waals surface area contributed by atoms with Crippen LogP contribution in [0.3, 0.4) is 0 Å². The van der Waals surface area contributed by atoms with E-state index >= 15 is 0 Å². The third-order valence-electron chi connectivity index (χ3n) is 4.57. The van der Waals surface area contributed by atoms with E-state index in [4.69, 9.17) is 0 Å². The molecule has 0 saturated carbocycles. The molecule has 0 aliphatic carbocycles. The Hall–Kier alpha value is -2.14. The number of hydrogen-bond acceptors (Lipinski definition) is 5. The van der Waals surface area contributed by atoms with Gasteiger partial charge in [-0.15, -0.1) is 0 Å². The minimum absolute atomic E-state index is 0.700. The number of hydrogen-bond donors (Lipinski definition) is 1. The molecule has 5 nitrogen and oxygen atoms in total. The first-order chi connectivity index (χ1) is 12.2. The molecule has 1 fully saturated rings. The van der Waals surface area contributed by atoms with Crippen LogP contribution in [0.5, 0.6) is 0 Å². The minimum Gasteiger partial charge on any atom is -0.370 e. The molecule has 5 heteroatoms. The second kappa shape index (κ2) is 8.81. The smallest absolute Gasteiger partial charge is 0.227 e. The Morgan fingerprint density at radius 1 is 1.04 bits per heavy atom. The lowest BCUT2D eigenvalue weighted by atomic mass is 10.1. The van der Waals surface area contributed by atoms with Crippen LogP contribution >= 0.6 is 0 Å². The Bertz CT molecular complexity index is 636. The molecule has 0 atom stereocenters. The minimum atomic E-state index is 0.700. The molecular formula is C20H29N5. The largest absolute Gasteiger partial charge is 0.370 e. The molecule has 0 amide bonds. The predicted octanol–water partition coefficient (Wildman–Crippen LogP) is 3.26. The topological polar surface area (TPSA) is 44.3 Å². The molecule has 1 saturated heterocycles. The lowest BCUT2D eigenvalue weighted by molar-refractivity contribution is 0.248. The van der Waals surface area contributed by atoms with Crippen molar-refractivity contribution in [2.75, 3.05) is 42.9 Å². The highest BCUT2D eigenvalue weighted by Crippen LogP contribution is 2.15. The van der Waals surface area contributed by atoms with Crippen LogP contribution in [0.25, 0.3) is 0 Å². The van der Waals surface area contributed by atoms with E-state index in [1.54, 1.807) is 0 Å². The molecule has 0 radical (unpaired) electrons. The van der Waals surface area contributed by atoms with Crippen LogP contribution in [-0.2, 0) is 6.54 Å².